The molecule has 0 aliphatic heterocycles. The SMILES string of the molecule is CC(=O)NCCN(C(=O)COc1ccc(Cl)c2cccnc12)C(C)C(=O)O. The topological polar surface area (TPSA) is 109 Å². The summed E-state index contributed by atoms with van der Waals surface area (Å²) in [7, 11) is 0. The molecule has 1 aromatic heterocycles. The smallest absolute Gasteiger partial charge is 0.326 e. The summed E-state index contributed by atoms with van der Waals surface area (Å²) in [6.45, 7) is 2.56. The lowest BCUT2D eigenvalue weighted by Crippen LogP contribution is -2.48. The van der Waals surface area contributed by atoms with Crippen LogP contribution in [0, 0.1) is 0 Å². The Balaban J connectivity index is 2.12. The van der Waals surface area contributed by atoms with Crippen LogP contribution in [0.25, 0.3) is 10.9 Å². The van der Waals surface area contributed by atoms with Crippen molar-refractivity contribution in [2.45, 2.75) is 19.9 Å². The van der Waals surface area contributed by atoms with Gasteiger partial charge in [-0.05, 0) is 31.2 Å². The van der Waals surface area contributed by atoms with Crippen LogP contribution in [0.1, 0.15) is 13.8 Å². The van der Waals surface area contributed by atoms with Crippen LogP contribution in [0.15, 0.2) is 30.5 Å². The van der Waals surface area contributed by atoms with Crippen LogP contribution in [-0.2, 0) is 14.4 Å². The Kier molecular flexibility index (Phi) is 6.95. The van der Waals surface area contributed by atoms with Crippen molar-refractivity contribution >= 4 is 40.3 Å². The van der Waals surface area contributed by atoms with Gasteiger partial charge in [-0.15, -0.1) is 0 Å². The van der Waals surface area contributed by atoms with E-state index in [1.807, 2.05) is 0 Å². The maximum atomic E-state index is 12.5. The molecule has 0 saturated heterocycles. The van der Waals surface area contributed by atoms with E-state index in [-0.39, 0.29) is 25.6 Å². The number of pyridine rings is 1. The molecule has 0 fully saturated rings. The second-order valence-electron chi connectivity index (χ2n) is 5.82. The fraction of sp³-hybridized carbons (Fsp3) is 0.333. The Morgan fingerprint density at radius 3 is 2.74 bits per heavy atom. The minimum atomic E-state index is -1.15. The normalized spacial score (nSPS) is 11.7. The number of hydrogen-bond acceptors (Lipinski definition) is 5. The van der Waals surface area contributed by atoms with E-state index in [2.05, 4.69) is 10.3 Å². The number of carboxylic acids is 1. The number of aromatic nitrogens is 1. The van der Waals surface area contributed by atoms with E-state index in [0.29, 0.717) is 21.7 Å². The molecular formula is C18H20ClN3O5. The first kappa shape index (κ1) is 20.4. The van der Waals surface area contributed by atoms with Crippen molar-refractivity contribution in [2.24, 2.45) is 0 Å². The second-order valence-corrected chi connectivity index (χ2v) is 6.23. The number of nitrogens with one attached hydrogen (secondary N) is 1. The van der Waals surface area contributed by atoms with Crippen LogP contribution in [0.5, 0.6) is 5.75 Å². The van der Waals surface area contributed by atoms with Gasteiger partial charge >= 0.3 is 5.97 Å². The molecule has 2 aromatic rings. The van der Waals surface area contributed by atoms with Gasteiger partial charge in [-0.3, -0.25) is 14.6 Å². The number of amides is 2. The first-order valence-corrected chi connectivity index (χ1v) is 8.61. The highest BCUT2D eigenvalue weighted by molar-refractivity contribution is 6.35. The summed E-state index contributed by atoms with van der Waals surface area (Å²) in [6, 6.07) is 5.70. The third-order valence-electron chi connectivity index (χ3n) is 3.90. The monoisotopic (exact) mass is 393 g/mol. The Labute approximate surface area is 161 Å². The number of carbonyl (C=O) groups is 3. The van der Waals surface area contributed by atoms with Crippen molar-refractivity contribution in [3.05, 3.63) is 35.5 Å². The fourth-order valence-electron chi connectivity index (χ4n) is 2.47. The molecule has 1 aromatic carbocycles. The van der Waals surface area contributed by atoms with Crippen molar-refractivity contribution in [1.82, 2.24) is 15.2 Å². The summed E-state index contributed by atoms with van der Waals surface area (Å²) in [6.07, 6.45) is 1.58. The average Bonchev–Trinajstić information content (AvgIpc) is 2.64. The standard InChI is InChI=1S/C18H20ClN3O5/c1-11(18(25)26)22(9-8-20-12(2)23)16(24)10-27-15-6-5-14(19)13-4-3-7-21-17(13)15/h3-7,11H,8-10H2,1-2H3,(H,20,23)(H,25,26). The molecule has 0 aliphatic rings. The van der Waals surface area contributed by atoms with E-state index in [4.69, 9.17) is 16.3 Å². The molecule has 27 heavy (non-hydrogen) atoms. The van der Waals surface area contributed by atoms with E-state index in [1.165, 1.54) is 13.8 Å². The number of ether oxygens (including phenoxy) is 1. The number of rotatable bonds is 8. The van der Waals surface area contributed by atoms with Gasteiger partial charge < -0.3 is 20.1 Å². The third kappa shape index (κ3) is 5.30. The summed E-state index contributed by atoms with van der Waals surface area (Å²) < 4.78 is 5.58. The van der Waals surface area contributed by atoms with Crippen LogP contribution < -0.4 is 10.1 Å². The quantitative estimate of drug-likeness (QED) is 0.706. The van der Waals surface area contributed by atoms with Gasteiger partial charge in [-0.25, -0.2) is 4.79 Å². The molecule has 2 amide bonds. The summed E-state index contributed by atoms with van der Waals surface area (Å²) in [4.78, 5) is 40.2. The number of hydrogen-bond donors (Lipinski definition) is 2. The Morgan fingerprint density at radius 1 is 1.33 bits per heavy atom. The summed E-state index contributed by atoms with van der Waals surface area (Å²) in [5, 5.41) is 13.0. The summed E-state index contributed by atoms with van der Waals surface area (Å²) >= 11 is 6.13. The van der Waals surface area contributed by atoms with Gasteiger partial charge in [-0.1, -0.05) is 11.6 Å². The molecule has 0 radical (unpaired) electrons. The van der Waals surface area contributed by atoms with Crippen LogP contribution in [0.4, 0.5) is 0 Å². The number of carboxylic acid groups (broad SMARTS) is 1. The zero-order valence-electron chi connectivity index (χ0n) is 14.9. The second kappa shape index (κ2) is 9.18. The number of fused-ring (bicyclic) bond motifs is 1. The Hall–Kier alpha value is -2.87. The van der Waals surface area contributed by atoms with Gasteiger partial charge in [0.1, 0.15) is 17.3 Å². The number of benzene rings is 1. The van der Waals surface area contributed by atoms with Gasteiger partial charge in [0.05, 0.1) is 5.02 Å². The first-order chi connectivity index (χ1) is 12.8. The molecular weight excluding hydrogens is 374 g/mol. The maximum absolute atomic E-state index is 12.5. The highest BCUT2D eigenvalue weighted by atomic mass is 35.5. The van der Waals surface area contributed by atoms with Crippen molar-refractivity contribution in [2.75, 3.05) is 19.7 Å². The molecule has 2 N–H and O–H groups in total. The fourth-order valence-corrected chi connectivity index (χ4v) is 2.69. The van der Waals surface area contributed by atoms with Crippen molar-refractivity contribution in [3.63, 3.8) is 0 Å². The predicted octanol–water partition coefficient (Wildman–Crippen LogP) is 1.70. The largest absolute Gasteiger partial charge is 0.481 e. The van der Waals surface area contributed by atoms with Crippen LogP contribution in [0.3, 0.4) is 0 Å². The number of halogens is 1. The van der Waals surface area contributed by atoms with Crippen LogP contribution in [0.2, 0.25) is 5.02 Å². The van der Waals surface area contributed by atoms with Crippen LogP contribution >= 0.6 is 11.6 Å². The Morgan fingerprint density at radius 2 is 2.07 bits per heavy atom. The molecule has 0 aliphatic carbocycles. The molecule has 0 spiro atoms. The van der Waals surface area contributed by atoms with Crippen molar-refractivity contribution < 1.29 is 24.2 Å². The lowest BCUT2D eigenvalue weighted by molar-refractivity contribution is -0.150. The minimum Gasteiger partial charge on any atom is -0.481 e. The van der Waals surface area contributed by atoms with E-state index in [9.17, 15) is 19.5 Å². The van der Waals surface area contributed by atoms with Crippen LogP contribution in [-0.4, -0.2) is 58.5 Å². The predicted molar refractivity (Wildman–Crippen MR) is 99.7 cm³/mol. The van der Waals surface area contributed by atoms with Gasteiger partial charge in [0, 0.05) is 31.6 Å². The maximum Gasteiger partial charge on any atom is 0.326 e. The van der Waals surface area contributed by atoms with E-state index in [1.54, 1.807) is 30.5 Å². The number of carbonyl (C=O) groups excluding carboxylic acids is 2. The molecule has 144 valence electrons. The van der Waals surface area contributed by atoms with Gasteiger partial charge in [0.2, 0.25) is 5.91 Å². The van der Waals surface area contributed by atoms with Crippen molar-refractivity contribution in [3.8, 4) is 5.75 Å². The van der Waals surface area contributed by atoms with Gasteiger partial charge in [0.15, 0.2) is 6.61 Å². The zero-order chi connectivity index (χ0) is 20.0. The Bertz CT molecular complexity index is 858. The molecule has 9 heteroatoms. The minimum absolute atomic E-state index is 0.0505. The molecule has 1 atom stereocenters. The van der Waals surface area contributed by atoms with Gasteiger partial charge in [0.25, 0.3) is 5.91 Å². The number of aliphatic carboxylic acids is 1. The summed E-state index contributed by atoms with van der Waals surface area (Å²) in [5.41, 5.74) is 0.508. The highest BCUT2D eigenvalue weighted by Crippen LogP contribution is 2.29. The highest BCUT2D eigenvalue weighted by Gasteiger charge is 2.25. The molecule has 8 nitrogen and oxygen atoms in total. The molecule has 0 saturated carbocycles. The third-order valence-corrected chi connectivity index (χ3v) is 4.23. The van der Waals surface area contributed by atoms with Gasteiger partial charge in [-0.2, -0.15) is 0 Å². The van der Waals surface area contributed by atoms with E-state index in [0.717, 1.165) is 4.90 Å². The molecule has 2 rings (SSSR count). The lowest BCUT2D eigenvalue weighted by atomic mass is 10.2. The molecule has 1 heterocycles. The van der Waals surface area contributed by atoms with E-state index >= 15 is 0 Å². The zero-order valence-corrected chi connectivity index (χ0v) is 15.7. The van der Waals surface area contributed by atoms with Crippen molar-refractivity contribution in [1.29, 1.82) is 0 Å². The average molecular weight is 394 g/mol. The first-order valence-electron chi connectivity index (χ1n) is 8.24. The number of nitrogens with zero attached hydrogens (tertiary/aromatic N) is 2. The lowest BCUT2D eigenvalue weighted by Gasteiger charge is -2.26. The van der Waals surface area contributed by atoms with E-state index < -0.39 is 17.9 Å². The molecule has 0 bridgehead atoms. The molecule has 1 unspecified atom stereocenters. The summed E-state index contributed by atoms with van der Waals surface area (Å²) in [5.74, 6) is -1.56.